The molecule has 0 aromatic heterocycles. The van der Waals surface area contributed by atoms with E-state index in [1.165, 1.54) is 29.5 Å². The molecule has 1 unspecified atom stereocenters. The van der Waals surface area contributed by atoms with Crippen molar-refractivity contribution in [1.82, 2.24) is 0 Å². The molecule has 0 aromatic carbocycles. The van der Waals surface area contributed by atoms with Gasteiger partial charge in [0.1, 0.15) is 0 Å². The van der Waals surface area contributed by atoms with Crippen LogP contribution in [0.2, 0.25) is 12.1 Å². The minimum Gasteiger partial charge on any atom is -0.151 e. The first-order valence-electron chi connectivity index (χ1n) is 6.18. The van der Waals surface area contributed by atoms with E-state index in [9.17, 15) is 0 Å². The van der Waals surface area contributed by atoms with Crippen LogP contribution in [0.5, 0.6) is 0 Å². The number of rotatable bonds is 3. The minimum atomic E-state index is 0.785. The second kappa shape index (κ2) is 5.81. The molecule has 0 amide bonds. The van der Waals surface area contributed by atoms with Gasteiger partial charge in [-0.2, -0.15) is 12.6 Å². The van der Waals surface area contributed by atoms with Crippen molar-refractivity contribution in [2.45, 2.75) is 53.2 Å². The highest BCUT2D eigenvalue weighted by atomic mass is 32.1. The molecule has 0 bridgehead atoms. The molecule has 1 aliphatic rings. The predicted molar refractivity (Wildman–Crippen MR) is 79.5 cm³/mol. The van der Waals surface area contributed by atoms with E-state index in [-0.39, 0.29) is 0 Å². The van der Waals surface area contributed by atoms with Gasteiger partial charge in [-0.25, -0.2) is 0 Å². The third-order valence-corrected chi connectivity index (χ3v) is 4.50. The van der Waals surface area contributed by atoms with E-state index >= 15 is 0 Å². The van der Waals surface area contributed by atoms with Gasteiger partial charge in [0, 0.05) is 0 Å². The number of thiol groups is 1. The fraction of sp³-hybridized carbons (Fsp3) is 0.571. The monoisotopic (exact) mass is 234 g/mol. The van der Waals surface area contributed by atoms with Crippen LogP contribution >= 0.6 is 12.6 Å². The summed E-state index contributed by atoms with van der Waals surface area (Å²) in [7, 11) is 0. The largest absolute Gasteiger partial charge is 0.178 e. The van der Waals surface area contributed by atoms with Crippen LogP contribution in [0.4, 0.5) is 0 Å². The van der Waals surface area contributed by atoms with E-state index in [0.717, 1.165) is 12.5 Å². The van der Waals surface area contributed by atoms with Gasteiger partial charge in [0.15, 0.2) is 6.71 Å². The molecule has 0 N–H and O–H groups in total. The normalized spacial score (nSPS) is 24.1. The van der Waals surface area contributed by atoms with Crippen LogP contribution in [0.15, 0.2) is 33.7 Å². The maximum atomic E-state index is 4.24. The molecule has 1 heterocycles. The zero-order chi connectivity index (χ0) is 12.3. The maximum absolute atomic E-state index is 4.24. The van der Waals surface area contributed by atoms with E-state index in [4.69, 9.17) is 0 Å². The van der Waals surface area contributed by atoms with E-state index in [2.05, 4.69) is 53.3 Å². The van der Waals surface area contributed by atoms with Gasteiger partial charge in [-0.05, 0) is 44.2 Å². The van der Waals surface area contributed by atoms with Crippen LogP contribution in [0.3, 0.4) is 0 Å². The van der Waals surface area contributed by atoms with Crippen LogP contribution in [0.25, 0.3) is 0 Å². The molecule has 0 radical (unpaired) electrons. The first-order chi connectivity index (χ1) is 7.52. The van der Waals surface area contributed by atoms with E-state index in [1.54, 1.807) is 5.47 Å². The molecular formula is C14H23BS. The van der Waals surface area contributed by atoms with Gasteiger partial charge in [0.2, 0.25) is 0 Å². The molecule has 1 aliphatic heterocycles. The quantitative estimate of drug-likeness (QED) is 0.399. The van der Waals surface area contributed by atoms with E-state index in [0.29, 0.717) is 0 Å². The summed E-state index contributed by atoms with van der Waals surface area (Å²) in [4.78, 5) is 0. The summed E-state index contributed by atoms with van der Waals surface area (Å²) < 4.78 is 0. The van der Waals surface area contributed by atoms with Crippen molar-refractivity contribution in [3.8, 4) is 0 Å². The van der Waals surface area contributed by atoms with Gasteiger partial charge in [0.25, 0.3) is 0 Å². The summed E-state index contributed by atoms with van der Waals surface area (Å²) in [6.45, 7) is 11.9. The van der Waals surface area contributed by atoms with Crippen LogP contribution in [-0.4, -0.2) is 6.71 Å². The summed E-state index contributed by atoms with van der Waals surface area (Å²) in [6, 6.07) is 0. The van der Waals surface area contributed by atoms with Crippen molar-refractivity contribution >= 4 is 19.3 Å². The maximum Gasteiger partial charge on any atom is 0.178 e. The molecule has 1 atom stereocenters. The number of allylic oxidation sites excluding steroid dienone is 5. The van der Waals surface area contributed by atoms with Gasteiger partial charge >= 0.3 is 0 Å². The second-order valence-corrected chi connectivity index (χ2v) is 5.23. The summed E-state index contributed by atoms with van der Waals surface area (Å²) in [5.41, 5.74) is 5.64. The first kappa shape index (κ1) is 13.7. The fourth-order valence-corrected chi connectivity index (χ4v) is 2.64. The van der Waals surface area contributed by atoms with E-state index < -0.39 is 0 Å². The van der Waals surface area contributed by atoms with Gasteiger partial charge in [0.05, 0.1) is 0 Å². The standard InChI is InChI=1S/C14H23BS/c1-6-14(15-8-7-11(15)3)13(5)12(4)10(2)9-16/h6,9,11,16H,7-8H2,1-5H3/b10-9-,13-12+,14-6+. The molecule has 1 saturated heterocycles. The molecule has 1 rings (SSSR count). The number of hydrogen-bond donors (Lipinski definition) is 1. The molecule has 0 aromatic rings. The SMILES string of the molecule is C\C=C(B1CCC1C)/C(C)=C(C)/C(C)=C\S. The molecule has 88 valence electrons. The molecule has 0 spiro atoms. The molecule has 0 nitrogen and oxygen atoms in total. The molecule has 1 fully saturated rings. The fourth-order valence-electron chi connectivity index (χ4n) is 2.45. The Bertz CT molecular complexity index is 350. The van der Waals surface area contributed by atoms with E-state index in [1.807, 2.05) is 5.41 Å². The Hall–Kier alpha value is -0.365. The summed E-state index contributed by atoms with van der Waals surface area (Å²) in [5.74, 6) is 0.856. The summed E-state index contributed by atoms with van der Waals surface area (Å²) in [5, 5.41) is 1.90. The lowest BCUT2D eigenvalue weighted by molar-refractivity contribution is 0.763. The van der Waals surface area contributed by atoms with Crippen LogP contribution < -0.4 is 0 Å². The molecule has 0 saturated carbocycles. The van der Waals surface area contributed by atoms with Gasteiger partial charge in [-0.3, -0.25) is 0 Å². The number of hydrogen-bond acceptors (Lipinski definition) is 1. The zero-order valence-corrected chi connectivity index (χ0v) is 12.1. The topological polar surface area (TPSA) is 0 Å². The Morgan fingerprint density at radius 3 is 2.19 bits per heavy atom. The van der Waals surface area contributed by atoms with Crippen molar-refractivity contribution < 1.29 is 0 Å². The Kier molecular flexibility index (Phi) is 4.98. The van der Waals surface area contributed by atoms with Crippen molar-refractivity contribution in [2.75, 3.05) is 0 Å². The molecular weight excluding hydrogens is 211 g/mol. The second-order valence-electron chi connectivity index (χ2n) is 4.97. The van der Waals surface area contributed by atoms with Crippen molar-refractivity contribution in [3.05, 3.63) is 33.7 Å². The highest BCUT2D eigenvalue weighted by Crippen LogP contribution is 2.39. The van der Waals surface area contributed by atoms with Crippen LogP contribution in [0, 0.1) is 0 Å². The first-order valence-corrected chi connectivity index (χ1v) is 6.70. The Morgan fingerprint density at radius 1 is 1.25 bits per heavy atom. The van der Waals surface area contributed by atoms with Crippen molar-refractivity contribution in [1.29, 1.82) is 0 Å². The molecule has 2 heteroatoms. The Labute approximate surface area is 106 Å². The lowest BCUT2D eigenvalue weighted by Crippen LogP contribution is -2.32. The average Bonchev–Trinajstić information content (AvgIpc) is 2.30. The summed E-state index contributed by atoms with van der Waals surface area (Å²) in [6.07, 6.45) is 5.04. The predicted octanol–water partition coefficient (Wildman–Crippen LogP) is 4.93. The van der Waals surface area contributed by atoms with Gasteiger partial charge in [-0.15, -0.1) is 0 Å². The highest BCUT2D eigenvalue weighted by Gasteiger charge is 2.34. The lowest BCUT2D eigenvalue weighted by Gasteiger charge is -2.34. The van der Waals surface area contributed by atoms with Gasteiger partial charge in [-0.1, -0.05) is 42.6 Å². The van der Waals surface area contributed by atoms with Crippen molar-refractivity contribution in [3.63, 3.8) is 0 Å². The Balaban J connectivity index is 2.98. The third kappa shape index (κ3) is 2.65. The van der Waals surface area contributed by atoms with Crippen LogP contribution in [0.1, 0.15) is 41.0 Å². The van der Waals surface area contributed by atoms with Gasteiger partial charge < -0.3 is 0 Å². The lowest BCUT2D eigenvalue weighted by atomic mass is 9.25. The molecule has 16 heavy (non-hydrogen) atoms. The highest BCUT2D eigenvalue weighted by molar-refractivity contribution is 7.83. The van der Waals surface area contributed by atoms with Crippen LogP contribution in [-0.2, 0) is 0 Å². The minimum absolute atomic E-state index is 0.785. The average molecular weight is 234 g/mol. The smallest absolute Gasteiger partial charge is 0.151 e. The summed E-state index contributed by atoms with van der Waals surface area (Å²) >= 11 is 4.24. The zero-order valence-electron chi connectivity index (χ0n) is 11.2. The molecule has 0 aliphatic carbocycles. The third-order valence-electron chi connectivity index (χ3n) is 4.11. The van der Waals surface area contributed by atoms with Crippen molar-refractivity contribution in [2.24, 2.45) is 0 Å². The Morgan fingerprint density at radius 2 is 1.88 bits per heavy atom.